The Balaban J connectivity index is 1.91. The van der Waals surface area contributed by atoms with Crippen LogP contribution in [0.5, 0.6) is 0 Å². The largest absolute Gasteiger partial charge is 0.330 e. The molecule has 0 amide bonds. The van der Waals surface area contributed by atoms with Crippen molar-refractivity contribution in [1.82, 2.24) is 0 Å². The van der Waals surface area contributed by atoms with Gasteiger partial charge in [0.25, 0.3) is 0 Å². The van der Waals surface area contributed by atoms with Crippen LogP contribution in [0.15, 0.2) is 72.8 Å². The van der Waals surface area contributed by atoms with Gasteiger partial charge < -0.3 is 5.73 Å². The minimum Gasteiger partial charge on any atom is -0.330 e. The number of benzene rings is 2. The molecular weight excluding hydrogens is 302 g/mol. The van der Waals surface area contributed by atoms with Gasteiger partial charge in [-0.1, -0.05) is 111 Å². The second-order valence-corrected chi connectivity index (χ2v) is 6.55. The summed E-state index contributed by atoms with van der Waals surface area (Å²) in [6.07, 6.45) is 16.7. The molecule has 132 valence electrons. The molecule has 0 unspecified atom stereocenters. The predicted octanol–water partition coefficient (Wildman–Crippen LogP) is 6.33. The van der Waals surface area contributed by atoms with Gasteiger partial charge in [-0.05, 0) is 36.4 Å². The summed E-state index contributed by atoms with van der Waals surface area (Å²) in [6.45, 7) is 0.822. The highest BCUT2D eigenvalue weighted by molar-refractivity contribution is 5.52. The van der Waals surface area contributed by atoms with Crippen LogP contribution < -0.4 is 5.73 Å². The van der Waals surface area contributed by atoms with E-state index in [0.717, 1.165) is 13.0 Å². The summed E-state index contributed by atoms with van der Waals surface area (Å²) in [6, 6.07) is 21.1. The highest BCUT2D eigenvalue weighted by atomic mass is 14.5. The second-order valence-electron chi connectivity index (χ2n) is 6.55. The number of nitrogens with two attached hydrogens (primary N) is 1. The Morgan fingerprint density at radius 2 is 1.12 bits per heavy atom. The predicted molar refractivity (Wildman–Crippen MR) is 111 cm³/mol. The Hall–Kier alpha value is -2.12. The Kier molecular flexibility index (Phi) is 9.43. The van der Waals surface area contributed by atoms with Crippen molar-refractivity contribution in [3.63, 3.8) is 0 Å². The summed E-state index contributed by atoms with van der Waals surface area (Å²) >= 11 is 0. The number of allylic oxidation sites excluding steroid dienone is 2. The Morgan fingerprint density at radius 1 is 0.640 bits per heavy atom. The Morgan fingerprint density at radius 3 is 1.64 bits per heavy atom. The molecule has 0 aliphatic heterocycles. The van der Waals surface area contributed by atoms with Gasteiger partial charge in [-0.2, -0.15) is 0 Å². The summed E-state index contributed by atoms with van der Waals surface area (Å²) in [5.41, 5.74) is 8.10. The molecule has 2 N–H and O–H groups in total. The normalized spacial score (nSPS) is 12.8. The summed E-state index contributed by atoms with van der Waals surface area (Å²) in [5, 5.41) is 0. The van der Waals surface area contributed by atoms with Crippen molar-refractivity contribution in [3.05, 3.63) is 83.9 Å². The molecular formula is C24H31N. The molecule has 1 nitrogen and oxygen atoms in total. The van der Waals surface area contributed by atoms with Crippen molar-refractivity contribution < 1.29 is 0 Å². The van der Waals surface area contributed by atoms with Gasteiger partial charge in [0.15, 0.2) is 0 Å². The Bertz CT molecular complexity index is 564. The Labute approximate surface area is 153 Å². The van der Waals surface area contributed by atoms with E-state index in [9.17, 15) is 0 Å². The molecule has 0 radical (unpaired) electrons. The molecule has 0 aromatic heterocycles. The molecule has 2 aromatic carbocycles. The van der Waals surface area contributed by atoms with Crippen LogP contribution in [-0.2, 0) is 0 Å². The molecule has 0 saturated carbocycles. The van der Waals surface area contributed by atoms with E-state index in [1.165, 1.54) is 43.2 Å². The minimum atomic E-state index is 0.481. The SMILES string of the molecule is NCCCCCCCC(C=Cc1ccccc1)C=Cc1ccccc1. The van der Waals surface area contributed by atoms with Gasteiger partial charge in [0.2, 0.25) is 0 Å². The molecule has 2 aromatic rings. The maximum atomic E-state index is 5.56. The minimum absolute atomic E-state index is 0.481. The fraction of sp³-hybridized carbons (Fsp3) is 0.333. The molecule has 0 bridgehead atoms. The van der Waals surface area contributed by atoms with Crippen LogP contribution in [0, 0.1) is 5.92 Å². The zero-order chi connectivity index (χ0) is 17.6. The van der Waals surface area contributed by atoms with E-state index in [1.807, 2.05) is 0 Å². The maximum absolute atomic E-state index is 5.56. The average molecular weight is 334 g/mol. The van der Waals surface area contributed by atoms with E-state index >= 15 is 0 Å². The van der Waals surface area contributed by atoms with Crippen LogP contribution in [0.2, 0.25) is 0 Å². The van der Waals surface area contributed by atoms with Gasteiger partial charge in [0.05, 0.1) is 0 Å². The lowest BCUT2D eigenvalue weighted by atomic mass is 9.97. The van der Waals surface area contributed by atoms with E-state index in [4.69, 9.17) is 5.73 Å². The number of rotatable bonds is 11. The molecule has 0 saturated heterocycles. The van der Waals surface area contributed by atoms with Crippen molar-refractivity contribution in [1.29, 1.82) is 0 Å². The van der Waals surface area contributed by atoms with Gasteiger partial charge in [0.1, 0.15) is 0 Å². The van der Waals surface area contributed by atoms with Crippen molar-refractivity contribution in [2.24, 2.45) is 11.7 Å². The lowest BCUT2D eigenvalue weighted by Crippen LogP contribution is -1.98. The molecule has 0 aliphatic rings. The molecule has 0 aliphatic carbocycles. The summed E-state index contributed by atoms with van der Waals surface area (Å²) in [7, 11) is 0. The smallest absolute Gasteiger partial charge is 0.00468 e. The first-order chi connectivity index (χ1) is 12.4. The molecule has 1 heteroatoms. The molecule has 2 rings (SSSR count). The topological polar surface area (TPSA) is 26.0 Å². The molecule has 0 heterocycles. The number of hydrogen-bond acceptors (Lipinski definition) is 1. The number of hydrogen-bond donors (Lipinski definition) is 1. The zero-order valence-corrected chi connectivity index (χ0v) is 15.2. The number of unbranched alkanes of at least 4 members (excludes halogenated alkanes) is 4. The van der Waals surface area contributed by atoms with E-state index in [1.54, 1.807) is 0 Å². The molecule has 0 fully saturated rings. The average Bonchev–Trinajstić information content (AvgIpc) is 2.67. The van der Waals surface area contributed by atoms with Crippen LogP contribution in [-0.4, -0.2) is 6.54 Å². The van der Waals surface area contributed by atoms with E-state index in [2.05, 4.69) is 85.0 Å². The summed E-state index contributed by atoms with van der Waals surface area (Å²) < 4.78 is 0. The summed E-state index contributed by atoms with van der Waals surface area (Å²) in [4.78, 5) is 0. The fourth-order valence-electron chi connectivity index (χ4n) is 2.91. The molecule has 25 heavy (non-hydrogen) atoms. The van der Waals surface area contributed by atoms with Crippen molar-refractivity contribution >= 4 is 12.2 Å². The van der Waals surface area contributed by atoms with E-state index in [0.29, 0.717) is 5.92 Å². The van der Waals surface area contributed by atoms with Crippen LogP contribution in [0.3, 0.4) is 0 Å². The van der Waals surface area contributed by atoms with Crippen molar-refractivity contribution in [2.75, 3.05) is 6.54 Å². The maximum Gasteiger partial charge on any atom is -0.00468 e. The fourth-order valence-corrected chi connectivity index (χ4v) is 2.91. The van der Waals surface area contributed by atoms with Gasteiger partial charge >= 0.3 is 0 Å². The summed E-state index contributed by atoms with van der Waals surface area (Å²) in [5.74, 6) is 0.481. The van der Waals surface area contributed by atoms with Gasteiger partial charge in [-0.3, -0.25) is 0 Å². The highest BCUT2D eigenvalue weighted by Gasteiger charge is 2.01. The molecule has 0 spiro atoms. The first kappa shape index (κ1) is 19.2. The van der Waals surface area contributed by atoms with Gasteiger partial charge in [-0.25, -0.2) is 0 Å². The van der Waals surface area contributed by atoms with Gasteiger partial charge in [0, 0.05) is 0 Å². The quantitative estimate of drug-likeness (QED) is 0.478. The first-order valence-electron chi connectivity index (χ1n) is 9.55. The second kappa shape index (κ2) is 12.3. The van der Waals surface area contributed by atoms with Crippen LogP contribution in [0.4, 0.5) is 0 Å². The highest BCUT2D eigenvalue weighted by Crippen LogP contribution is 2.17. The third-order valence-corrected chi connectivity index (χ3v) is 4.41. The monoisotopic (exact) mass is 333 g/mol. The third kappa shape index (κ3) is 8.51. The van der Waals surface area contributed by atoms with Crippen LogP contribution >= 0.6 is 0 Å². The lowest BCUT2D eigenvalue weighted by Gasteiger charge is -2.08. The van der Waals surface area contributed by atoms with Crippen LogP contribution in [0.1, 0.15) is 49.7 Å². The van der Waals surface area contributed by atoms with E-state index < -0.39 is 0 Å². The molecule has 0 atom stereocenters. The van der Waals surface area contributed by atoms with Gasteiger partial charge in [-0.15, -0.1) is 0 Å². The lowest BCUT2D eigenvalue weighted by molar-refractivity contribution is 0.570. The first-order valence-corrected chi connectivity index (χ1v) is 9.55. The standard InChI is InChI=1S/C24H31N/c25-21-11-3-1-2-6-16-24(19-17-22-12-7-4-8-13-22)20-18-23-14-9-5-10-15-23/h4-5,7-10,12-15,17-20,24H,1-3,6,11,16,21,25H2. The zero-order valence-electron chi connectivity index (χ0n) is 15.2. The third-order valence-electron chi connectivity index (χ3n) is 4.41. The van der Waals surface area contributed by atoms with Crippen molar-refractivity contribution in [2.45, 2.75) is 38.5 Å². The van der Waals surface area contributed by atoms with Crippen LogP contribution in [0.25, 0.3) is 12.2 Å². The van der Waals surface area contributed by atoms with Crippen molar-refractivity contribution in [3.8, 4) is 0 Å². The van der Waals surface area contributed by atoms with E-state index in [-0.39, 0.29) is 0 Å².